The Morgan fingerprint density at radius 3 is 2.38 bits per heavy atom. The predicted molar refractivity (Wildman–Crippen MR) is 139 cm³/mol. The van der Waals surface area contributed by atoms with Gasteiger partial charge in [0.25, 0.3) is 0 Å². The van der Waals surface area contributed by atoms with E-state index in [4.69, 9.17) is 9.47 Å². The molecule has 6 atom stereocenters. The maximum Gasteiger partial charge on any atom is 0.188 e. The maximum atomic E-state index is 10.7. The normalized spacial score (nSPS) is 29.5. The molecule has 1 saturated heterocycles. The van der Waals surface area contributed by atoms with Crippen molar-refractivity contribution < 1.29 is 29.6 Å². The van der Waals surface area contributed by atoms with E-state index < -0.39 is 14.4 Å². The van der Waals surface area contributed by atoms with Gasteiger partial charge < -0.3 is 29.6 Å². The van der Waals surface area contributed by atoms with Crippen molar-refractivity contribution in [2.24, 2.45) is 11.8 Å². The maximum absolute atomic E-state index is 10.7. The Labute approximate surface area is 209 Å². The summed E-state index contributed by atoms with van der Waals surface area (Å²) in [6.45, 7) is 9.32. The molecule has 202 valence electrons. The van der Waals surface area contributed by atoms with Crippen LogP contribution < -0.4 is 0 Å². The molecular formula is C27H54O6Si. The van der Waals surface area contributed by atoms with Gasteiger partial charge in [0.2, 0.25) is 0 Å². The molecule has 0 bridgehead atoms. The van der Waals surface area contributed by atoms with Crippen molar-refractivity contribution in [3.8, 4) is 0 Å². The summed E-state index contributed by atoms with van der Waals surface area (Å²) in [5.74, 6) is 0.325. The van der Waals surface area contributed by atoms with Crippen molar-refractivity contribution in [2.75, 3.05) is 13.2 Å². The minimum Gasteiger partial charge on any atom is -0.432 e. The second-order valence-electron chi connectivity index (χ2n) is 12.1. The highest BCUT2D eigenvalue weighted by Gasteiger charge is 2.43. The standard InChI is InChI=1S/C27H54O6Si/c1-27(2,34(3,4)31)17-9-6-5-7-12-21(29)15-16-23-22(13-11-18-28)24(30)20-25(23)33-26-14-8-10-19-32-26/h21-26,28-31H,5-20H2,1-4H3/t21?,22-,23?,24+,25-,26?/m1/s1. The topological polar surface area (TPSA) is 99.4 Å². The summed E-state index contributed by atoms with van der Waals surface area (Å²) in [4.78, 5) is 10.4. The van der Waals surface area contributed by atoms with E-state index in [1.165, 1.54) is 0 Å². The SMILES string of the molecule is CC(C)(CCCCCCC(O)CCC1[C@@H](CCCO)[C@@H](O)C[C@H]1OC1CCCCO1)[Si](C)(C)O. The fraction of sp³-hybridized carbons (Fsp3) is 1.00. The van der Waals surface area contributed by atoms with Crippen LogP contribution in [0.2, 0.25) is 18.1 Å². The fourth-order valence-corrected chi connectivity index (χ4v) is 6.38. The van der Waals surface area contributed by atoms with Crippen LogP contribution in [0, 0.1) is 11.8 Å². The lowest BCUT2D eigenvalue weighted by Gasteiger charge is -2.35. The van der Waals surface area contributed by atoms with Crippen LogP contribution in [-0.4, -0.2) is 66.2 Å². The van der Waals surface area contributed by atoms with E-state index in [2.05, 4.69) is 13.8 Å². The molecule has 7 heteroatoms. The van der Waals surface area contributed by atoms with E-state index in [-0.39, 0.29) is 42.0 Å². The van der Waals surface area contributed by atoms with Gasteiger partial charge in [-0.3, -0.25) is 0 Å². The molecule has 2 aliphatic rings. The highest BCUT2D eigenvalue weighted by molar-refractivity contribution is 6.72. The summed E-state index contributed by atoms with van der Waals surface area (Å²) in [7, 11) is -2.12. The summed E-state index contributed by atoms with van der Waals surface area (Å²) >= 11 is 0. The summed E-state index contributed by atoms with van der Waals surface area (Å²) in [6.07, 6.45) is 12.2. The molecule has 0 aromatic rings. The molecule has 4 N–H and O–H groups in total. The Hall–Kier alpha value is -0.0231. The van der Waals surface area contributed by atoms with Gasteiger partial charge >= 0.3 is 0 Å². The van der Waals surface area contributed by atoms with Gasteiger partial charge in [-0.05, 0) is 87.8 Å². The summed E-state index contributed by atoms with van der Waals surface area (Å²) < 4.78 is 12.1. The number of aliphatic hydroxyl groups is 3. The van der Waals surface area contributed by atoms with E-state index >= 15 is 0 Å². The molecule has 2 fully saturated rings. The lowest BCUT2D eigenvalue weighted by molar-refractivity contribution is -0.196. The molecule has 0 aromatic carbocycles. The highest BCUT2D eigenvalue weighted by atomic mass is 28.4. The number of hydrogen-bond donors (Lipinski definition) is 4. The largest absolute Gasteiger partial charge is 0.432 e. The molecule has 1 aliphatic heterocycles. The van der Waals surface area contributed by atoms with Gasteiger partial charge in [0.05, 0.1) is 18.3 Å². The van der Waals surface area contributed by atoms with Gasteiger partial charge in [-0.15, -0.1) is 0 Å². The molecule has 6 nitrogen and oxygen atoms in total. The van der Waals surface area contributed by atoms with Gasteiger partial charge in [-0.25, -0.2) is 0 Å². The Kier molecular flexibility index (Phi) is 13.0. The van der Waals surface area contributed by atoms with E-state index in [0.29, 0.717) is 12.8 Å². The van der Waals surface area contributed by atoms with Crippen molar-refractivity contribution >= 4 is 8.32 Å². The molecular weight excluding hydrogens is 448 g/mol. The zero-order valence-electron chi connectivity index (χ0n) is 22.4. The van der Waals surface area contributed by atoms with Gasteiger partial charge in [0.1, 0.15) is 0 Å². The molecule has 0 aromatic heterocycles. The van der Waals surface area contributed by atoms with Crippen LogP contribution in [-0.2, 0) is 9.47 Å². The lowest BCUT2D eigenvalue weighted by Crippen LogP contribution is -2.38. The third-order valence-electron chi connectivity index (χ3n) is 8.73. The van der Waals surface area contributed by atoms with Crippen molar-refractivity contribution in [3.05, 3.63) is 0 Å². The first-order valence-corrected chi connectivity index (χ1v) is 17.0. The van der Waals surface area contributed by atoms with Crippen LogP contribution in [0.15, 0.2) is 0 Å². The van der Waals surface area contributed by atoms with Crippen LogP contribution in [0.5, 0.6) is 0 Å². The predicted octanol–water partition coefficient (Wildman–Crippen LogP) is 5.13. The summed E-state index contributed by atoms with van der Waals surface area (Å²) in [5.41, 5.74) is 0. The first-order valence-electron chi connectivity index (χ1n) is 14.0. The number of unbranched alkanes of at least 4 members (excludes halogenated alkanes) is 3. The molecule has 34 heavy (non-hydrogen) atoms. The average Bonchev–Trinajstić information content (AvgIpc) is 3.06. The Bertz CT molecular complexity index is 546. The van der Waals surface area contributed by atoms with Crippen molar-refractivity contribution in [1.29, 1.82) is 0 Å². The van der Waals surface area contributed by atoms with E-state index in [1.807, 2.05) is 13.1 Å². The van der Waals surface area contributed by atoms with Crippen molar-refractivity contribution in [3.63, 3.8) is 0 Å². The number of hydrogen-bond acceptors (Lipinski definition) is 6. The van der Waals surface area contributed by atoms with Crippen LogP contribution >= 0.6 is 0 Å². The van der Waals surface area contributed by atoms with Crippen molar-refractivity contribution in [1.82, 2.24) is 0 Å². The van der Waals surface area contributed by atoms with Gasteiger partial charge in [0, 0.05) is 19.6 Å². The van der Waals surface area contributed by atoms with Crippen molar-refractivity contribution in [2.45, 2.75) is 146 Å². The van der Waals surface area contributed by atoms with Crippen LogP contribution in [0.4, 0.5) is 0 Å². The second kappa shape index (κ2) is 14.6. The zero-order chi connectivity index (χ0) is 25.2. The number of aliphatic hydroxyl groups excluding tert-OH is 3. The minimum atomic E-state index is -2.12. The van der Waals surface area contributed by atoms with E-state index in [9.17, 15) is 20.1 Å². The Morgan fingerprint density at radius 1 is 1.00 bits per heavy atom. The van der Waals surface area contributed by atoms with E-state index in [1.54, 1.807) is 0 Å². The molecule has 0 spiro atoms. The zero-order valence-corrected chi connectivity index (χ0v) is 23.4. The lowest BCUT2D eigenvalue weighted by atomic mass is 9.85. The quantitative estimate of drug-likeness (QED) is 0.173. The molecule has 0 radical (unpaired) electrons. The molecule has 0 amide bonds. The van der Waals surface area contributed by atoms with Crippen LogP contribution in [0.1, 0.15) is 104 Å². The monoisotopic (exact) mass is 502 g/mol. The number of ether oxygens (including phenoxy) is 2. The second-order valence-corrected chi connectivity index (χ2v) is 16.6. The third kappa shape index (κ3) is 9.79. The Morgan fingerprint density at radius 2 is 1.74 bits per heavy atom. The third-order valence-corrected chi connectivity index (χ3v) is 12.3. The molecule has 1 aliphatic carbocycles. The smallest absolute Gasteiger partial charge is 0.188 e. The fourth-order valence-electron chi connectivity index (χ4n) is 5.59. The Balaban J connectivity index is 1.73. The van der Waals surface area contributed by atoms with Gasteiger partial charge in [0.15, 0.2) is 14.6 Å². The minimum absolute atomic E-state index is 0.0309. The highest BCUT2D eigenvalue weighted by Crippen LogP contribution is 2.42. The first kappa shape index (κ1) is 30.2. The molecule has 1 heterocycles. The van der Waals surface area contributed by atoms with Crippen LogP contribution in [0.25, 0.3) is 0 Å². The molecule has 1 saturated carbocycles. The molecule has 2 rings (SSSR count). The first-order chi connectivity index (χ1) is 16.0. The summed E-state index contributed by atoms with van der Waals surface area (Å²) in [5, 5.41) is 30.7. The average molecular weight is 503 g/mol. The number of rotatable bonds is 16. The molecule has 3 unspecified atom stereocenters. The van der Waals surface area contributed by atoms with Crippen LogP contribution in [0.3, 0.4) is 0 Å². The summed E-state index contributed by atoms with van der Waals surface area (Å²) in [6, 6.07) is 0. The van der Waals surface area contributed by atoms with Gasteiger partial charge in [-0.2, -0.15) is 0 Å². The van der Waals surface area contributed by atoms with Gasteiger partial charge in [-0.1, -0.05) is 39.5 Å². The van der Waals surface area contributed by atoms with E-state index in [0.717, 1.165) is 83.7 Å².